The summed E-state index contributed by atoms with van der Waals surface area (Å²) in [5, 5.41) is 25.3. The highest BCUT2D eigenvalue weighted by molar-refractivity contribution is 7.89. The average Bonchev–Trinajstić information content (AvgIpc) is 3.40. The molecule has 0 spiro atoms. The molecule has 1 amide bonds. The Morgan fingerprint density at radius 2 is 1.85 bits per heavy atom. The van der Waals surface area contributed by atoms with Gasteiger partial charge in [0.1, 0.15) is 11.6 Å². The second-order valence-electron chi connectivity index (χ2n) is 7.14. The minimum atomic E-state index is -3.76. The lowest BCUT2D eigenvalue weighted by molar-refractivity contribution is 0.0698. The third kappa shape index (κ3) is 4.89. The molecule has 2 heterocycles. The maximum atomic E-state index is 13.2. The van der Waals surface area contributed by atoms with Crippen molar-refractivity contribution in [1.82, 2.24) is 29.8 Å². The highest BCUT2D eigenvalue weighted by atomic mass is 32.2. The van der Waals surface area contributed by atoms with E-state index in [1.807, 2.05) is 12.1 Å². The van der Waals surface area contributed by atoms with Crippen molar-refractivity contribution in [3.63, 3.8) is 0 Å². The molecule has 0 saturated carbocycles. The molecule has 0 unspecified atom stereocenters. The molecule has 2 aromatic carbocycles. The van der Waals surface area contributed by atoms with Gasteiger partial charge in [0.25, 0.3) is 5.91 Å². The molecule has 4 rings (SSSR count). The van der Waals surface area contributed by atoms with E-state index in [2.05, 4.69) is 25.9 Å². The van der Waals surface area contributed by atoms with Gasteiger partial charge in [-0.2, -0.15) is 14.8 Å². The maximum absolute atomic E-state index is 13.2. The largest absolute Gasteiger partial charge is 0.360 e. The number of nitriles is 1. The standard InChI is InChI=1S/C21H20N8O3S/c22-14-17(20-24-26-27-25-20)15-23-18-7-4-8-19(13-18)33(31,32)29-11-9-28(10-12-29)21(30)16-5-2-1-3-6-16/h1-8,13,15,23H,9-12H2,(H,24,25,26,27). The van der Waals surface area contributed by atoms with Crippen molar-refractivity contribution in [3.05, 3.63) is 72.2 Å². The SMILES string of the molecule is N#CC(=CNc1cccc(S(=O)(=O)N2CCN(C(=O)c3ccccc3)CC2)c1)c1nn[nH]n1. The maximum Gasteiger partial charge on any atom is 0.253 e. The molecule has 0 bridgehead atoms. The first-order valence-corrected chi connectivity index (χ1v) is 11.5. The van der Waals surface area contributed by atoms with E-state index in [9.17, 15) is 18.5 Å². The van der Waals surface area contributed by atoms with Gasteiger partial charge in [-0.15, -0.1) is 10.2 Å². The van der Waals surface area contributed by atoms with Crippen molar-refractivity contribution in [1.29, 1.82) is 5.26 Å². The lowest BCUT2D eigenvalue weighted by Gasteiger charge is -2.34. The van der Waals surface area contributed by atoms with Crippen LogP contribution < -0.4 is 5.32 Å². The van der Waals surface area contributed by atoms with Crippen LogP contribution in [-0.2, 0) is 10.0 Å². The molecule has 12 heteroatoms. The average molecular weight is 465 g/mol. The summed E-state index contributed by atoms with van der Waals surface area (Å²) in [4.78, 5) is 14.4. The zero-order chi connectivity index (χ0) is 23.3. The summed E-state index contributed by atoms with van der Waals surface area (Å²) in [5.41, 5.74) is 1.19. The molecule has 3 aromatic rings. The lowest BCUT2D eigenvalue weighted by Crippen LogP contribution is -2.50. The number of piperazine rings is 1. The number of benzene rings is 2. The Morgan fingerprint density at radius 1 is 1.09 bits per heavy atom. The summed E-state index contributed by atoms with van der Waals surface area (Å²) in [6, 6.07) is 17.2. The number of carbonyl (C=O) groups excluding carboxylic acids is 1. The fraction of sp³-hybridized carbons (Fsp3) is 0.190. The first-order valence-electron chi connectivity index (χ1n) is 10.0. The number of nitrogens with zero attached hydrogens (tertiary/aromatic N) is 6. The molecule has 1 aliphatic heterocycles. The highest BCUT2D eigenvalue weighted by Crippen LogP contribution is 2.22. The van der Waals surface area contributed by atoms with Gasteiger partial charge in [-0.1, -0.05) is 24.3 Å². The molecular weight excluding hydrogens is 444 g/mol. The number of tetrazole rings is 1. The quantitative estimate of drug-likeness (QED) is 0.519. The van der Waals surface area contributed by atoms with Crippen LogP contribution in [0.1, 0.15) is 16.2 Å². The van der Waals surface area contributed by atoms with E-state index in [0.717, 1.165) is 0 Å². The Balaban J connectivity index is 1.44. The van der Waals surface area contributed by atoms with Crippen molar-refractivity contribution >= 4 is 27.2 Å². The van der Waals surface area contributed by atoms with Crippen molar-refractivity contribution in [3.8, 4) is 6.07 Å². The van der Waals surface area contributed by atoms with Gasteiger partial charge in [-0.3, -0.25) is 4.79 Å². The molecule has 1 fully saturated rings. The Labute approximate surface area is 190 Å². The molecule has 1 aromatic heterocycles. The number of sulfonamides is 1. The van der Waals surface area contributed by atoms with Gasteiger partial charge in [0, 0.05) is 43.6 Å². The molecule has 33 heavy (non-hydrogen) atoms. The topological polar surface area (TPSA) is 148 Å². The van der Waals surface area contributed by atoms with E-state index in [1.54, 1.807) is 41.3 Å². The van der Waals surface area contributed by atoms with Crippen LogP contribution in [0.2, 0.25) is 0 Å². The van der Waals surface area contributed by atoms with Crippen LogP contribution in [0.25, 0.3) is 5.57 Å². The van der Waals surface area contributed by atoms with Gasteiger partial charge in [0.15, 0.2) is 0 Å². The lowest BCUT2D eigenvalue weighted by atomic mass is 10.2. The molecule has 1 aliphatic rings. The van der Waals surface area contributed by atoms with Crippen LogP contribution in [0, 0.1) is 11.3 Å². The fourth-order valence-electron chi connectivity index (χ4n) is 3.37. The number of aromatic nitrogens is 4. The number of anilines is 1. The number of nitrogens with one attached hydrogen (secondary N) is 2. The first kappa shape index (κ1) is 22.1. The summed E-state index contributed by atoms with van der Waals surface area (Å²) in [7, 11) is -3.76. The molecule has 11 nitrogen and oxygen atoms in total. The normalized spacial score (nSPS) is 15.1. The molecular formula is C21H20N8O3S. The van der Waals surface area contributed by atoms with Crippen LogP contribution in [0.4, 0.5) is 5.69 Å². The summed E-state index contributed by atoms with van der Waals surface area (Å²) in [5.74, 6) is 0.0113. The summed E-state index contributed by atoms with van der Waals surface area (Å²) in [6.45, 7) is 1.03. The number of aromatic amines is 1. The van der Waals surface area contributed by atoms with Crippen molar-refractivity contribution in [2.24, 2.45) is 0 Å². The smallest absolute Gasteiger partial charge is 0.253 e. The summed E-state index contributed by atoms with van der Waals surface area (Å²) in [6.07, 6.45) is 1.38. The monoisotopic (exact) mass is 464 g/mol. The van der Waals surface area contributed by atoms with Gasteiger partial charge < -0.3 is 10.2 Å². The van der Waals surface area contributed by atoms with E-state index < -0.39 is 10.0 Å². The third-order valence-electron chi connectivity index (χ3n) is 5.11. The number of hydrogen-bond acceptors (Lipinski definition) is 8. The van der Waals surface area contributed by atoms with Gasteiger partial charge in [-0.25, -0.2) is 8.42 Å². The van der Waals surface area contributed by atoms with Gasteiger partial charge >= 0.3 is 0 Å². The van der Waals surface area contributed by atoms with Crippen LogP contribution in [0.3, 0.4) is 0 Å². The van der Waals surface area contributed by atoms with Crippen molar-refractivity contribution in [2.75, 3.05) is 31.5 Å². The zero-order valence-corrected chi connectivity index (χ0v) is 18.2. The fourth-order valence-corrected chi connectivity index (χ4v) is 4.84. The molecule has 1 saturated heterocycles. The van der Waals surface area contributed by atoms with Crippen molar-refractivity contribution in [2.45, 2.75) is 4.90 Å². The zero-order valence-electron chi connectivity index (χ0n) is 17.4. The first-order chi connectivity index (χ1) is 16.0. The minimum Gasteiger partial charge on any atom is -0.360 e. The molecule has 0 atom stereocenters. The van der Waals surface area contributed by atoms with Gasteiger partial charge in [-0.05, 0) is 35.5 Å². The summed E-state index contributed by atoms with van der Waals surface area (Å²) < 4.78 is 27.7. The van der Waals surface area contributed by atoms with Gasteiger partial charge in [0.2, 0.25) is 15.8 Å². The molecule has 168 valence electrons. The Morgan fingerprint density at radius 3 is 2.52 bits per heavy atom. The summed E-state index contributed by atoms with van der Waals surface area (Å²) >= 11 is 0. The predicted octanol–water partition coefficient (Wildman–Crippen LogP) is 1.32. The highest BCUT2D eigenvalue weighted by Gasteiger charge is 2.30. The van der Waals surface area contributed by atoms with E-state index in [4.69, 9.17) is 0 Å². The Kier molecular flexibility index (Phi) is 6.43. The Bertz CT molecular complexity index is 1290. The van der Waals surface area contributed by atoms with E-state index in [1.165, 1.54) is 22.6 Å². The van der Waals surface area contributed by atoms with Crippen LogP contribution >= 0.6 is 0 Å². The van der Waals surface area contributed by atoms with Crippen LogP contribution in [0.15, 0.2) is 65.7 Å². The number of carbonyl (C=O) groups is 1. The third-order valence-corrected chi connectivity index (χ3v) is 7.00. The van der Waals surface area contributed by atoms with Gasteiger partial charge in [0.05, 0.1) is 4.90 Å². The van der Waals surface area contributed by atoms with E-state index in [0.29, 0.717) is 24.3 Å². The van der Waals surface area contributed by atoms with Crippen LogP contribution in [0.5, 0.6) is 0 Å². The molecule has 0 aliphatic carbocycles. The molecule has 0 radical (unpaired) electrons. The number of rotatable bonds is 6. The van der Waals surface area contributed by atoms with E-state index in [-0.39, 0.29) is 35.3 Å². The number of H-pyrrole nitrogens is 1. The molecule has 2 N–H and O–H groups in total. The van der Waals surface area contributed by atoms with Crippen LogP contribution in [-0.4, -0.2) is 70.3 Å². The second kappa shape index (κ2) is 9.60. The minimum absolute atomic E-state index is 0.111. The number of amides is 1. The second-order valence-corrected chi connectivity index (χ2v) is 9.08. The predicted molar refractivity (Wildman–Crippen MR) is 119 cm³/mol. The van der Waals surface area contributed by atoms with Crippen molar-refractivity contribution < 1.29 is 13.2 Å². The number of hydrogen-bond donors (Lipinski definition) is 2. The number of allylic oxidation sites excluding steroid dienone is 1. The Hall–Kier alpha value is -4.08. The van der Waals surface area contributed by atoms with E-state index >= 15 is 0 Å².